The van der Waals surface area contributed by atoms with Crippen molar-refractivity contribution in [1.29, 1.82) is 0 Å². The number of Topliss-reactive ketones (excluding diaryl/α,β-unsaturated/α-hetero) is 1. The molecule has 138 valence electrons. The highest BCUT2D eigenvalue weighted by molar-refractivity contribution is 6.18. The number of rotatable bonds is 5. The lowest BCUT2D eigenvalue weighted by Gasteiger charge is -2.54. The van der Waals surface area contributed by atoms with Gasteiger partial charge in [-0.2, -0.15) is 0 Å². The van der Waals surface area contributed by atoms with Crippen molar-refractivity contribution in [1.82, 2.24) is 0 Å². The lowest BCUT2D eigenvalue weighted by Crippen LogP contribution is -2.50. The number of carbonyl (C=O) groups is 1. The first-order chi connectivity index (χ1) is 11.0. The molecule has 1 saturated carbocycles. The molecule has 0 aromatic carbocycles. The number of fused-ring (bicyclic) bond motifs is 1. The molecule has 0 aliphatic heterocycles. The third-order valence-corrected chi connectivity index (χ3v) is 7.28. The van der Waals surface area contributed by atoms with E-state index < -0.39 is 11.7 Å². The number of carbonyl (C=O) groups excluding carboxylic acids is 1. The molecule has 2 rings (SSSR count). The summed E-state index contributed by atoms with van der Waals surface area (Å²) in [5, 5.41) is 20.5. The first kappa shape index (κ1) is 19.9. The first-order valence-corrected chi connectivity index (χ1v) is 9.69. The summed E-state index contributed by atoms with van der Waals surface area (Å²) in [6.45, 7) is 10.3. The van der Waals surface area contributed by atoms with E-state index >= 15 is 0 Å². The Bertz CT molecular complexity index is 535. The summed E-state index contributed by atoms with van der Waals surface area (Å²) in [6.07, 6.45) is 3.94. The predicted molar refractivity (Wildman–Crippen MR) is 98.1 cm³/mol. The van der Waals surface area contributed by atoms with Crippen molar-refractivity contribution in [3.05, 3.63) is 11.1 Å². The molecule has 0 heterocycles. The van der Waals surface area contributed by atoms with Crippen LogP contribution < -0.4 is 0 Å². The molecule has 0 saturated heterocycles. The molecule has 2 aliphatic rings. The molecule has 1 fully saturated rings. The number of ketones is 1. The van der Waals surface area contributed by atoms with E-state index in [9.17, 15) is 15.0 Å². The summed E-state index contributed by atoms with van der Waals surface area (Å²) < 4.78 is 0. The van der Waals surface area contributed by atoms with Gasteiger partial charge in [0.2, 0.25) is 0 Å². The second-order valence-corrected chi connectivity index (χ2v) is 9.25. The summed E-state index contributed by atoms with van der Waals surface area (Å²) >= 11 is 5.72. The van der Waals surface area contributed by atoms with Crippen molar-refractivity contribution in [2.45, 2.75) is 84.8 Å². The van der Waals surface area contributed by atoms with Gasteiger partial charge < -0.3 is 10.2 Å². The van der Waals surface area contributed by atoms with Crippen molar-refractivity contribution in [2.24, 2.45) is 16.7 Å². The maximum atomic E-state index is 12.4. The minimum Gasteiger partial charge on any atom is -0.389 e. The standard InChI is InChI=1S/C20H33ClO3/c1-13-6-7-15-18(2,3)16(22)9-10-19(15,4)14(13)8-11-20(5,24)17(23)12-21/h15,17,23-24H,6-12H2,1-5H3/t15-,17+,19+,20+/m1/s1. The van der Waals surface area contributed by atoms with Gasteiger partial charge in [-0.3, -0.25) is 4.79 Å². The van der Waals surface area contributed by atoms with Crippen molar-refractivity contribution in [3.8, 4) is 0 Å². The Morgan fingerprint density at radius 2 is 1.96 bits per heavy atom. The number of aliphatic hydroxyl groups excluding tert-OH is 1. The molecule has 3 nitrogen and oxygen atoms in total. The number of hydrogen-bond donors (Lipinski definition) is 2. The van der Waals surface area contributed by atoms with E-state index in [1.165, 1.54) is 11.1 Å². The zero-order chi connectivity index (χ0) is 18.3. The second-order valence-electron chi connectivity index (χ2n) is 8.94. The average molecular weight is 357 g/mol. The minimum absolute atomic E-state index is 0.0156. The highest BCUT2D eigenvalue weighted by atomic mass is 35.5. The van der Waals surface area contributed by atoms with Gasteiger partial charge in [0.15, 0.2) is 0 Å². The van der Waals surface area contributed by atoms with Crippen LogP contribution in [0.2, 0.25) is 0 Å². The molecule has 0 amide bonds. The van der Waals surface area contributed by atoms with Crippen LogP contribution in [0.3, 0.4) is 0 Å². The van der Waals surface area contributed by atoms with Crippen LogP contribution in [0.1, 0.15) is 73.1 Å². The number of allylic oxidation sites excluding steroid dienone is 2. The van der Waals surface area contributed by atoms with Gasteiger partial charge in [0.25, 0.3) is 0 Å². The Morgan fingerprint density at radius 1 is 1.33 bits per heavy atom. The van der Waals surface area contributed by atoms with E-state index in [2.05, 4.69) is 27.7 Å². The SMILES string of the molecule is CC1=C(CC[C@](C)(O)[C@@H](O)CCl)[C@]2(C)CCC(=O)C(C)(C)[C@H]2CC1. The molecule has 24 heavy (non-hydrogen) atoms. The van der Waals surface area contributed by atoms with E-state index in [1.807, 2.05) is 0 Å². The van der Waals surface area contributed by atoms with Gasteiger partial charge in [0, 0.05) is 11.8 Å². The molecule has 4 atom stereocenters. The quantitative estimate of drug-likeness (QED) is 0.572. The van der Waals surface area contributed by atoms with Crippen molar-refractivity contribution in [2.75, 3.05) is 5.88 Å². The molecule has 4 heteroatoms. The van der Waals surface area contributed by atoms with Crippen LogP contribution in [0.5, 0.6) is 0 Å². The Hall–Kier alpha value is -0.380. The second kappa shape index (κ2) is 6.74. The number of aliphatic hydroxyl groups is 2. The Kier molecular flexibility index (Phi) is 5.60. The number of halogens is 1. The molecule has 0 bridgehead atoms. The zero-order valence-electron chi connectivity index (χ0n) is 15.8. The third kappa shape index (κ3) is 3.32. The Morgan fingerprint density at radius 3 is 2.54 bits per heavy atom. The van der Waals surface area contributed by atoms with Gasteiger partial charge in [-0.1, -0.05) is 31.9 Å². The van der Waals surface area contributed by atoms with Crippen LogP contribution in [0.4, 0.5) is 0 Å². The number of alkyl halides is 1. The lowest BCUT2D eigenvalue weighted by atomic mass is 9.49. The van der Waals surface area contributed by atoms with E-state index in [0.717, 1.165) is 25.7 Å². The molecule has 0 unspecified atom stereocenters. The summed E-state index contributed by atoms with van der Waals surface area (Å²) in [6, 6.07) is 0. The largest absolute Gasteiger partial charge is 0.389 e. The van der Waals surface area contributed by atoms with Crippen LogP contribution in [0.25, 0.3) is 0 Å². The molecule has 2 aliphatic carbocycles. The molecular weight excluding hydrogens is 324 g/mol. The van der Waals surface area contributed by atoms with Gasteiger partial charge in [0.05, 0.1) is 17.6 Å². The van der Waals surface area contributed by atoms with Crippen LogP contribution >= 0.6 is 11.6 Å². The van der Waals surface area contributed by atoms with Crippen LogP contribution in [-0.4, -0.2) is 33.6 Å². The Balaban J connectivity index is 2.27. The molecule has 0 radical (unpaired) electrons. The van der Waals surface area contributed by atoms with Crippen molar-refractivity contribution < 1.29 is 15.0 Å². The molecule has 0 aromatic rings. The highest BCUT2D eigenvalue weighted by Crippen LogP contribution is 2.59. The fraction of sp³-hybridized carbons (Fsp3) is 0.850. The third-order valence-electron chi connectivity index (χ3n) is 6.99. The van der Waals surface area contributed by atoms with E-state index in [4.69, 9.17) is 11.6 Å². The molecule has 2 N–H and O–H groups in total. The summed E-state index contributed by atoms with van der Waals surface area (Å²) in [5.41, 5.74) is 1.34. The maximum Gasteiger partial charge on any atom is 0.138 e. The molecular formula is C20H33ClO3. The Labute approximate surface area is 151 Å². The van der Waals surface area contributed by atoms with Gasteiger partial charge in [-0.15, -0.1) is 11.6 Å². The normalized spacial score (nSPS) is 33.8. The lowest BCUT2D eigenvalue weighted by molar-refractivity contribution is -0.139. The van der Waals surface area contributed by atoms with Crippen LogP contribution in [0.15, 0.2) is 11.1 Å². The van der Waals surface area contributed by atoms with E-state index in [-0.39, 0.29) is 16.7 Å². The van der Waals surface area contributed by atoms with Crippen LogP contribution in [0, 0.1) is 16.7 Å². The first-order valence-electron chi connectivity index (χ1n) is 9.15. The van der Waals surface area contributed by atoms with Gasteiger partial charge in [-0.05, 0) is 57.3 Å². The predicted octanol–water partition coefficient (Wildman–Crippen LogP) is 4.24. The van der Waals surface area contributed by atoms with Crippen LogP contribution in [-0.2, 0) is 4.79 Å². The molecule has 0 aromatic heterocycles. The summed E-state index contributed by atoms with van der Waals surface area (Å²) in [7, 11) is 0. The summed E-state index contributed by atoms with van der Waals surface area (Å²) in [5.74, 6) is 0.771. The van der Waals surface area contributed by atoms with E-state index in [1.54, 1.807) is 6.92 Å². The van der Waals surface area contributed by atoms with Gasteiger partial charge >= 0.3 is 0 Å². The maximum absolute atomic E-state index is 12.4. The van der Waals surface area contributed by atoms with E-state index in [0.29, 0.717) is 24.5 Å². The number of hydrogen-bond acceptors (Lipinski definition) is 3. The summed E-state index contributed by atoms with van der Waals surface area (Å²) in [4.78, 5) is 12.4. The van der Waals surface area contributed by atoms with Crippen molar-refractivity contribution in [3.63, 3.8) is 0 Å². The topological polar surface area (TPSA) is 57.5 Å². The highest BCUT2D eigenvalue weighted by Gasteiger charge is 2.53. The monoisotopic (exact) mass is 356 g/mol. The average Bonchev–Trinajstić information content (AvgIpc) is 2.49. The molecule has 0 spiro atoms. The fourth-order valence-corrected chi connectivity index (χ4v) is 5.44. The zero-order valence-corrected chi connectivity index (χ0v) is 16.5. The van der Waals surface area contributed by atoms with Crippen molar-refractivity contribution >= 4 is 17.4 Å². The smallest absolute Gasteiger partial charge is 0.138 e. The van der Waals surface area contributed by atoms with Gasteiger partial charge in [0.1, 0.15) is 5.78 Å². The minimum atomic E-state index is -1.18. The fourth-order valence-electron chi connectivity index (χ4n) is 5.11. The van der Waals surface area contributed by atoms with Gasteiger partial charge in [-0.25, -0.2) is 0 Å².